The molecule has 0 unspecified atom stereocenters. The highest BCUT2D eigenvalue weighted by molar-refractivity contribution is 14.1. The lowest BCUT2D eigenvalue weighted by Gasteiger charge is -2.14. The Balaban J connectivity index is 1.48. The van der Waals surface area contributed by atoms with E-state index in [1.807, 2.05) is 6.07 Å². The number of halogens is 2. The molecule has 0 spiro atoms. The molecule has 3 aromatic rings. The summed E-state index contributed by atoms with van der Waals surface area (Å²) in [6.07, 6.45) is 1.56. The van der Waals surface area contributed by atoms with E-state index < -0.39 is 17.1 Å². The molecule has 1 saturated heterocycles. The highest BCUT2D eigenvalue weighted by Crippen LogP contribution is 2.37. The molecule has 3 aromatic carbocycles. The number of para-hydroxylation sites is 1. The number of methoxy groups -OCH3 is 1. The van der Waals surface area contributed by atoms with E-state index >= 15 is 0 Å². The number of benzene rings is 3. The van der Waals surface area contributed by atoms with Gasteiger partial charge in [0.25, 0.3) is 11.1 Å². The van der Waals surface area contributed by atoms with E-state index in [4.69, 9.17) is 9.47 Å². The van der Waals surface area contributed by atoms with E-state index in [-0.39, 0.29) is 23.9 Å². The van der Waals surface area contributed by atoms with Gasteiger partial charge in [-0.1, -0.05) is 36.4 Å². The molecular formula is C26H20FIN2O5S. The van der Waals surface area contributed by atoms with Crippen molar-refractivity contribution in [2.24, 2.45) is 0 Å². The summed E-state index contributed by atoms with van der Waals surface area (Å²) in [5, 5.41) is 2.13. The smallest absolute Gasteiger partial charge is 0.294 e. The summed E-state index contributed by atoms with van der Waals surface area (Å²) < 4.78 is 25.9. The second kappa shape index (κ2) is 11.6. The number of carbonyl (C=O) groups excluding carboxylic acids is 3. The van der Waals surface area contributed by atoms with E-state index in [0.29, 0.717) is 31.9 Å². The van der Waals surface area contributed by atoms with Gasteiger partial charge in [0.15, 0.2) is 11.5 Å². The van der Waals surface area contributed by atoms with Gasteiger partial charge in [-0.3, -0.25) is 19.3 Å². The first kappa shape index (κ1) is 25.7. The van der Waals surface area contributed by atoms with Crippen molar-refractivity contribution < 1.29 is 28.2 Å². The lowest BCUT2D eigenvalue weighted by Crippen LogP contribution is -2.36. The van der Waals surface area contributed by atoms with Crippen LogP contribution in [0.2, 0.25) is 0 Å². The Hall–Kier alpha value is -3.38. The maximum atomic E-state index is 13.9. The minimum absolute atomic E-state index is 0.0162. The van der Waals surface area contributed by atoms with Crippen LogP contribution in [0.4, 0.5) is 14.9 Å². The molecule has 36 heavy (non-hydrogen) atoms. The van der Waals surface area contributed by atoms with Crippen molar-refractivity contribution in [3.63, 3.8) is 0 Å². The van der Waals surface area contributed by atoms with E-state index in [1.165, 1.54) is 13.2 Å². The second-order valence-corrected chi connectivity index (χ2v) is 9.75. The van der Waals surface area contributed by atoms with Gasteiger partial charge in [0, 0.05) is 11.3 Å². The average Bonchev–Trinajstić information content (AvgIpc) is 3.11. The van der Waals surface area contributed by atoms with Crippen LogP contribution in [0, 0.1) is 9.39 Å². The largest absolute Gasteiger partial charge is 0.493 e. The van der Waals surface area contributed by atoms with Crippen molar-refractivity contribution in [1.29, 1.82) is 0 Å². The Morgan fingerprint density at radius 3 is 2.56 bits per heavy atom. The second-order valence-electron chi connectivity index (χ2n) is 7.60. The van der Waals surface area contributed by atoms with Gasteiger partial charge in [-0.25, -0.2) is 4.39 Å². The molecule has 1 heterocycles. The van der Waals surface area contributed by atoms with Gasteiger partial charge in [0.2, 0.25) is 5.91 Å². The van der Waals surface area contributed by atoms with Gasteiger partial charge in [-0.15, -0.1) is 0 Å². The lowest BCUT2D eigenvalue weighted by molar-refractivity contribution is -0.127. The molecule has 1 aliphatic rings. The number of thioether (sulfide) groups is 1. The molecule has 10 heteroatoms. The molecule has 0 aliphatic carbocycles. The van der Waals surface area contributed by atoms with Crippen LogP contribution in [-0.4, -0.2) is 35.6 Å². The zero-order valence-electron chi connectivity index (χ0n) is 19.0. The first-order valence-electron chi connectivity index (χ1n) is 10.7. The van der Waals surface area contributed by atoms with E-state index in [0.717, 1.165) is 16.7 Å². The summed E-state index contributed by atoms with van der Waals surface area (Å²) in [5.74, 6) is -0.564. The van der Waals surface area contributed by atoms with Crippen molar-refractivity contribution in [3.8, 4) is 11.5 Å². The van der Waals surface area contributed by atoms with Crippen LogP contribution in [0.5, 0.6) is 11.5 Å². The number of ether oxygens (including phenoxy) is 2. The Morgan fingerprint density at radius 1 is 1.11 bits per heavy atom. The fraction of sp³-hybridized carbons (Fsp3) is 0.115. The van der Waals surface area contributed by atoms with Crippen LogP contribution in [-0.2, 0) is 16.2 Å². The molecule has 0 bridgehead atoms. The molecule has 0 aromatic heterocycles. The van der Waals surface area contributed by atoms with Crippen molar-refractivity contribution >= 4 is 63.2 Å². The topological polar surface area (TPSA) is 84.9 Å². The monoisotopic (exact) mass is 618 g/mol. The molecule has 184 valence electrons. The van der Waals surface area contributed by atoms with Crippen LogP contribution in [0.3, 0.4) is 0 Å². The van der Waals surface area contributed by atoms with Crippen LogP contribution in [0.15, 0.2) is 71.6 Å². The molecule has 1 fully saturated rings. The standard InChI is InChI=1S/C26H20FIN2O5S/c1-34-21-12-16(11-20(28)24(21)35-15-17-7-5-6-10-19(17)27)13-22-25(32)30(26(33)36-22)14-23(31)29-18-8-3-2-4-9-18/h2-13H,14-15H2,1H3,(H,29,31)/b22-13+. The number of imide groups is 1. The summed E-state index contributed by atoms with van der Waals surface area (Å²) in [5.41, 5.74) is 1.59. The average molecular weight is 618 g/mol. The quantitative estimate of drug-likeness (QED) is 0.258. The molecule has 0 saturated carbocycles. The zero-order valence-corrected chi connectivity index (χ0v) is 22.0. The Bertz CT molecular complexity index is 1350. The molecular weight excluding hydrogens is 598 g/mol. The van der Waals surface area contributed by atoms with Crippen LogP contribution < -0.4 is 14.8 Å². The van der Waals surface area contributed by atoms with Crippen LogP contribution in [0.1, 0.15) is 11.1 Å². The SMILES string of the molecule is COc1cc(/C=C2/SC(=O)N(CC(=O)Nc3ccccc3)C2=O)cc(I)c1OCc1ccccc1F. The number of nitrogens with one attached hydrogen (secondary N) is 1. The fourth-order valence-electron chi connectivity index (χ4n) is 3.38. The Kier molecular flexibility index (Phi) is 8.26. The highest BCUT2D eigenvalue weighted by atomic mass is 127. The Labute approximate surface area is 224 Å². The van der Waals surface area contributed by atoms with Gasteiger partial charge in [0.05, 0.1) is 15.6 Å². The Morgan fingerprint density at radius 2 is 1.83 bits per heavy atom. The number of anilines is 1. The third-order valence-corrected chi connectivity index (χ3v) is 6.82. The summed E-state index contributed by atoms with van der Waals surface area (Å²) in [7, 11) is 1.48. The fourth-order valence-corrected chi connectivity index (χ4v) is 5.00. The predicted molar refractivity (Wildman–Crippen MR) is 144 cm³/mol. The van der Waals surface area contributed by atoms with Gasteiger partial charge >= 0.3 is 0 Å². The predicted octanol–water partition coefficient (Wildman–Crippen LogP) is 5.69. The summed E-state index contributed by atoms with van der Waals surface area (Å²) in [6, 6.07) is 18.5. The molecule has 1 aliphatic heterocycles. The first-order chi connectivity index (χ1) is 17.4. The van der Waals surface area contributed by atoms with Crippen molar-refractivity contribution in [3.05, 3.63) is 92.1 Å². The van der Waals surface area contributed by atoms with Gasteiger partial charge in [0.1, 0.15) is 19.0 Å². The van der Waals surface area contributed by atoms with Crippen LogP contribution >= 0.6 is 34.4 Å². The number of carbonyl (C=O) groups is 3. The molecule has 0 atom stereocenters. The first-order valence-corrected chi connectivity index (χ1v) is 12.6. The van der Waals surface area contributed by atoms with Crippen LogP contribution in [0.25, 0.3) is 6.08 Å². The van der Waals surface area contributed by atoms with Crippen molar-refractivity contribution in [1.82, 2.24) is 4.90 Å². The molecule has 7 nitrogen and oxygen atoms in total. The molecule has 3 amide bonds. The summed E-state index contributed by atoms with van der Waals surface area (Å²) in [4.78, 5) is 38.7. The normalized spacial score (nSPS) is 14.3. The summed E-state index contributed by atoms with van der Waals surface area (Å²) >= 11 is 2.82. The third-order valence-electron chi connectivity index (χ3n) is 5.11. The third kappa shape index (κ3) is 6.05. The maximum Gasteiger partial charge on any atom is 0.294 e. The van der Waals surface area contributed by atoms with Crippen molar-refractivity contribution in [2.45, 2.75) is 6.61 Å². The maximum absolute atomic E-state index is 13.9. The molecule has 1 N–H and O–H groups in total. The number of hydrogen-bond donors (Lipinski definition) is 1. The number of amides is 3. The number of nitrogens with zero attached hydrogens (tertiary/aromatic N) is 1. The minimum Gasteiger partial charge on any atom is -0.493 e. The lowest BCUT2D eigenvalue weighted by atomic mass is 10.1. The van der Waals surface area contributed by atoms with Crippen molar-refractivity contribution in [2.75, 3.05) is 19.0 Å². The van der Waals surface area contributed by atoms with Gasteiger partial charge < -0.3 is 14.8 Å². The molecule has 0 radical (unpaired) electrons. The molecule has 4 rings (SSSR count). The highest BCUT2D eigenvalue weighted by Gasteiger charge is 2.36. The van der Waals surface area contributed by atoms with E-state index in [2.05, 4.69) is 27.9 Å². The van der Waals surface area contributed by atoms with E-state index in [9.17, 15) is 18.8 Å². The van der Waals surface area contributed by atoms with Gasteiger partial charge in [-0.05, 0) is 76.3 Å². The minimum atomic E-state index is -0.554. The zero-order chi connectivity index (χ0) is 25.7. The van der Waals surface area contributed by atoms with Gasteiger partial charge in [-0.2, -0.15) is 0 Å². The summed E-state index contributed by atoms with van der Waals surface area (Å²) in [6.45, 7) is -0.372. The number of rotatable bonds is 8. The van der Waals surface area contributed by atoms with E-state index in [1.54, 1.807) is 60.7 Å². The number of hydrogen-bond acceptors (Lipinski definition) is 6.